The Morgan fingerprint density at radius 3 is 3.06 bits per heavy atom. The fraction of sp³-hybridized carbons (Fsp3) is 0.111. The van der Waals surface area contributed by atoms with Crippen LogP contribution in [0.4, 0.5) is 5.69 Å². The molecule has 2 aromatic rings. The number of hydrogen-bond acceptors (Lipinski definition) is 5. The summed E-state index contributed by atoms with van der Waals surface area (Å²) in [7, 11) is 0. The van der Waals surface area contributed by atoms with Gasteiger partial charge in [-0.2, -0.15) is 5.21 Å². The summed E-state index contributed by atoms with van der Waals surface area (Å²) in [6.07, 6.45) is 0. The van der Waals surface area contributed by atoms with Crippen molar-refractivity contribution < 1.29 is 4.79 Å². The molecule has 1 aromatic heterocycles. The first-order valence-electron chi connectivity index (χ1n) is 4.63. The molecule has 0 fully saturated rings. The number of tetrazole rings is 1. The second-order valence-corrected chi connectivity index (χ2v) is 3.07. The molecule has 0 spiro atoms. The Labute approximate surface area is 91.0 Å². The molecule has 1 heterocycles. The SMILES string of the molecule is NCC(=O)Nc1cccc(-c2nn[nH]n2)c1. The van der Waals surface area contributed by atoms with Crippen LogP contribution in [0.3, 0.4) is 0 Å². The molecule has 0 aliphatic carbocycles. The van der Waals surface area contributed by atoms with Gasteiger partial charge >= 0.3 is 0 Å². The molecule has 2 rings (SSSR count). The van der Waals surface area contributed by atoms with Crippen LogP contribution in [-0.2, 0) is 4.79 Å². The van der Waals surface area contributed by atoms with Crippen molar-refractivity contribution in [3.8, 4) is 11.4 Å². The minimum absolute atomic E-state index is 0.0492. The van der Waals surface area contributed by atoms with E-state index in [0.29, 0.717) is 11.5 Å². The largest absolute Gasteiger partial charge is 0.325 e. The quantitative estimate of drug-likeness (QED) is 0.658. The van der Waals surface area contributed by atoms with Crippen LogP contribution in [-0.4, -0.2) is 33.1 Å². The first-order chi connectivity index (χ1) is 7.79. The number of H-pyrrole nitrogens is 1. The van der Waals surface area contributed by atoms with Gasteiger partial charge in [-0.15, -0.1) is 10.2 Å². The van der Waals surface area contributed by atoms with Crippen molar-refractivity contribution in [3.63, 3.8) is 0 Å². The highest BCUT2D eigenvalue weighted by Gasteiger charge is 2.04. The molecule has 7 nitrogen and oxygen atoms in total. The summed E-state index contributed by atoms with van der Waals surface area (Å²) < 4.78 is 0. The third-order valence-electron chi connectivity index (χ3n) is 1.94. The Morgan fingerprint density at radius 2 is 2.38 bits per heavy atom. The number of anilines is 1. The van der Waals surface area contributed by atoms with Gasteiger partial charge in [0.1, 0.15) is 0 Å². The molecule has 0 bridgehead atoms. The van der Waals surface area contributed by atoms with Gasteiger partial charge in [0.25, 0.3) is 0 Å². The van der Waals surface area contributed by atoms with Crippen LogP contribution in [0.25, 0.3) is 11.4 Å². The van der Waals surface area contributed by atoms with E-state index < -0.39 is 0 Å². The van der Waals surface area contributed by atoms with Gasteiger partial charge in [0.2, 0.25) is 11.7 Å². The number of carbonyl (C=O) groups is 1. The standard InChI is InChI=1S/C9H10N6O/c10-5-8(16)11-7-3-1-2-6(4-7)9-12-14-15-13-9/h1-4H,5,10H2,(H,11,16)(H,12,13,14,15). The molecule has 4 N–H and O–H groups in total. The summed E-state index contributed by atoms with van der Waals surface area (Å²) in [5, 5.41) is 16.2. The second kappa shape index (κ2) is 4.49. The molecular formula is C9H10N6O. The zero-order chi connectivity index (χ0) is 11.4. The molecule has 0 unspecified atom stereocenters. The van der Waals surface area contributed by atoms with Crippen LogP contribution < -0.4 is 11.1 Å². The van der Waals surface area contributed by atoms with Crippen molar-refractivity contribution in [1.82, 2.24) is 20.6 Å². The normalized spacial score (nSPS) is 10.1. The highest BCUT2D eigenvalue weighted by molar-refractivity contribution is 5.92. The fourth-order valence-corrected chi connectivity index (χ4v) is 1.23. The number of nitrogens with one attached hydrogen (secondary N) is 2. The molecule has 0 radical (unpaired) electrons. The lowest BCUT2D eigenvalue weighted by molar-refractivity contribution is -0.114. The zero-order valence-electron chi connectivity index (χ0n) is 8.34. The molecule has 0 saturated heterocycles. The Morgan fingerprint density at radius 1 is 1.50 bits per heavy atom. The first kappa shape index (κ1) is 10.2. The maximum absolute atomic E-state index is 11.1. The minimum atomic E-state index is -0.245. The lowest BCUT2D eigenvalue weighted by atomic mass is 10.2. The predicted octanol–water partition coefficient (Wildman–Crippen LogP) is -0.236. The van der Waals surface area contributed by atoms with Gasteiger partial charge < -0.3 is 11.1 Å². The third kappa shape index (κ3) is 2.20. The topological polar surface area (TPSA) is 110 Å². The van der Waals surface area contributed by atoms with Crippen LogP contribution in [0, 0.1) is 0 Å². The van der Waals surface area contributed by atoms with Gasteiger partial charge in [-0.3, -0.25) is 4.79 Å². The van der Waals surface area contributed by atoms with Crippen LogP contribution in [0.15, 0.2) is 24.3 Å². The molecule has 0 atom stereocenters. The number of nitrogens with two attached hydrogens (primary N) is 1. The van der Waals surface area contributed by atoms with Crippen molar-refractivity contribution in [2.24, 2.45) is 5.73 Å². The summed E-state index contributed by atoms with van der Waals surface area (Å²) in [4.78, 5) is 11.1. The van der Waals surface area contributed by atoms with E-state index in [1.165, 1.54) is 0 Å². The number of nitrogens with zero attached hydrogens (tertiary/aromatic N) is 3. The van der Waals surface area contributed by atoms with Crippen molar-refractivity contribution in [2.45, 2.75) is 0 Å². The van der Waals surface area contributed by atoms with Gasteiger partial charge in [-0.1, -0.05) is 12.1 Å². The van der Waals surface area contributed by atoms with E-state index in [0.717, 1.165) is 5.56 Å². The number of carbonyl (C=O) groups excluding carboxylic acids is 1. The van der Waals surface area contributed by atoms with Gasteiger partial charge in [-0.25, -0.2) is 0 Å². The van der Waals surface area contributed by atoms with Crippen molar-refractivity contribution in [3.05, 3.63) is 24.3 Å². The number of rotatable bonds is 3. The first-order valence-corrected chi connectivity index (χ1v) is 4.63. The molecule has 82 valence electrons. The summed E-state index contributed by atoms with van der Waals surface area (Å²) in [5.41, 5.74) is 6.62. The van der Waals surface area contributed by atoms with E-state index in [9.17, 15) is 4.79 Å². The number of amides is 1. The highest BCUT2D eigenvalue weighted by atomic mass is 16.1. The lowest BCUT2D eigenvalue weighted by Gasteiger charge is -2.03. The number of benzene rings is 1. The molecule has 7 heteroatoms. The minimum Gasteiger partial charge on any atom is -0.325 e. The van der Waals surface area contributed by atoms with Crippen LogP contribution in [0.5, 0.6) is 0 Å². The summed E-state index contributed by atoms with van der Waals surface area (Å²) in [6.45, 7) is -0.0492. The van der Waals surface area contributed by atoms with E-state index in [1.807, 2.05) is 6.07 Å². The van der Waals surface area contributed by atoms with Gasteiger partial charge in [-0.05, 0) is 17.3 Å². The van der Waals surface area contributed by atoms with E-state index in [-0.39, 0.29) is 12.5 Å². The molecule has 16 heavy (non-hydrogen) atoms. The number of hydrogen-bond donors (Lipinski definition) is 3. The third-order valence-corrected chi connectivity index (χ3v) is 1.94. The van der Waals surface area contributed by atoms with Crippen molar-refractivity contribution in [1.29, 1.82) is 0 Å². The monoisotopic (exact) mass is 218 g/mol. The Kier molecular flexibility index (Phi) is 2.88. The highest BCUT2D eigenvalue weighted by Crippen LogP contribution is 2.17. The second-order valence-electron chi connectivity index (χ2n) is 3.07. The molecule has 0 aliphatic heterocycles. The average molecular weight is 218 g/mol. The lowest BCUT2D eigenvalue weighted by Crippen LogP contribution is -2.21. The maximum Gasteiger partial charge on any atom is 0.238 e. The molecule has 1 amide bonds. The predicted molar refractivity (Wildman–Crippen MR) is 57.3 cm³/mol. The summed E-state index contributed by atoms with van der Waals surface area (Å²) in [6, 6.07) is 7.12. The van der Waals surface area contributed by atoms with E-state index in [4.69, 9.17) is 5.73 Å². The molecular weight excluding hydrogens is 208 g/mol. The Bertz CT molecular complexity index is 481. The number of aromatic nitrogens is 4. The average Bonchev–Trinajstić information content (AvgIpc) is 2.83. The Balaban J connectivity index is 2.23. The molecule has 1 aromatic carbocycles. The van der Waals surface area contributed by atoms with Gasteiger partial charge in [0.05, 0.1) is 6.54 Å². The van der Waals surface area contributed by atoms with E-state index >= 15 is 0 Å². The molecule has 0 aliphatic rings. The smallest absolute Gasteiger partial charge is 0.238 e. The summed E-state index contributed by atoms with van der Waals surface area (Å²) in [5.74, 6) is 0.231. The van der Waals surface area contributed by atoms with Crippen molar-refractivity contribution >= 4 is 11.6 Å². The number of aromatic amines is 1. The van der Waals surface area contributed by atoms with E-state index in [1.54, 1.807) is 18.2 Å². The fourth-order valence-electron chi connectivity index (χ4n) is 1.23. The zero-order valence-corrected chi connectivity index (χ0v) is 8.34. The van der Waals surface area contributed by atoms with Crippen molar-refractivity contribution in [2.75, 3.05) is 11.9 Å². The van der Waals surface area contributed by atoms with Crippen LogP contribution in [0.2, 0.25) is 0 Å². The Hall–Kier alpha value is -2.28. The van der Waals surface area contributed by atoms with Crippen LogP contribution in [0.1, 0.15) is 0 Å². The van der Waals surface area contributed by atoms with Gasteiger partial charge in [0.15, 0.2) is 0 Å². The maximum atomic E-state index is 11.1. The van der Waals surface area contributed by atoms with E-state index in [2.05, 4.69) is 25.9 Å². The van der Waals surface area contributed by atoms with Crippen LogP contribution >= 0.6 is 0 Å². The molecule has 0 saturated carbocycles. The van der Waals surface area contributed by atoms with Gasteiger partial charge in [0, 0.05) is 11.3 Å². The summed E-state index contributed by atoms with van der Waals surface area (Å²) >= 11 is 0.